The molecule has 118 valence electrons. The van der Waals surface area contributed by atoms with Crippen molar-refractivity contribution < 1.29 is 4.74 Å². The Labute approximate surface area is 126 Å². The minimum absolute atomic E-state index is 0.236. The van der Waals surface area contributed by atoms with Crippen LogP contribution in [0.1, 0.15) is 33.1 Å². The first kappa shape index (κ1) is 15.8. The van der Waals surface area contributed by atoms with Crippen LogP contribution in [0, 0.1) is 0 Å². The minimum atomic E-state index is -0.236. The highest BCUT2D eigenvalue weighted by Crippen LogP contribution is 2.20. The Hall–Kier alpha value is -1.63. The van der Waals surface area contributed by atoms with Crippen LogP contribution < -0.4 is 15.5 Å². The molecule has 1 aromatic heterocycles. The maximum absolute atomic E-state index is 5.22. The molecule has 1 fully saturated rings. The number of hydrogen-bond acceptors (Lipinski definition) is 7. The van der Waals surface area contributed by atoms with Crippen molar-refractivity contribution in [1.82, 2.24) is 15.0 Å². The Balaban J connectivity index is 2.20. The molecule has 0 bridgehead atoms. The molecular weight excluding hydrogens is 268 g/mol. The maximum Gasteiger partial charge on any atom is 0.231 e. The normalized spacial score (nSPS) is 15.9. The van der Waals surface area contributed by atoms with Gasteiger partial charge in [-0.2, -0.15) is 15.0 Å². The second-order valence-corrected chi connectivity index (χ2v) is 6.02. The Morgan fingerprint density at radius 3 is 2.38 bits per heavy atom. The number of nitrogens with zero attached hydrogens (tertiary/aromatic N) is 4. The molecule has 1 saturated heterocycles. The van der Waals surface area contributed by atoms with Gasteiger partial charge in [-0.25, -0.2) is 0 Å². The smallest absolute Gasteiger partial charge is 0.231 e. The monoisotopic (exact) mass is 294 g/mol. The van der Waals surface area contributed by atoms with Gasteiger partial charge < -0.3 is 20.3 Å². The molecule has 0 unspecified atom stereocenters. The number of aromatic nitrogens is 3. The second kappa shape index (κ2) is 6.89. The van der Waals surface area contributed by atoms with E-state index in [1.54, 1.807) is 7.11 Å². The van der Waals surface area contributed by atoms with Crippen molar-refractivity contribution in [2.45, 2.75) is 38.6 Å². The van der Waals surface area contributed by atoms with Crippen molar-refractivity contribution in [3.8, 4) is 0 Å². The minimum Gasteiger partial charge on any atom is -0.382 e. The lowest BCUT2D eigenvalue weighted by Crippen LogP contribution is -2.37. The fourth-order valence-electron chi connectivity index (χ4n) is 2.47. The zero-order valence-electron chi connectivity index (χ0n) is 13.4. The van der Waals surface area contributed by atoms with Gasteiger partial charge in [-0.1, -0.05) is 0 Å². The Morgan fingerprint density at radius 1 is 1.10 bits per heavy atom. The molecule has 0 spiro atoms. The number of piperidine rings is 1. The van der Waals surface area contributed by atoms with Crippen molar-refractivity contribution in [3.63, 3.8) is 0 Å². The lowest BCUT2D eigenvalue weighted by Gasteiger charge is -2.28. The number of rotatable bonds is 6. The van der Waals surface area contributed by atoms with Crippen LogP contribution in [0.4, 0.5) is 17.8 Å². The second-order valence-electron chi connectivity index (χ2n) is 6.02. The fraction of sp³-hybridized carbons (Fsp3) is 0.786. The van der Waals surface area contributed by atoms with Gasteiger partial charge in [-0.3, -0.25) is 0 Å². The molecule has 0 atom stereocenters. The molecule has 1 aliphatic rings. The molecule has 2 heterocycles. The van der Waals surface area contributed by atoms with Gasteiger partial charge in [0.15, 0.2) is 0 Å². The number of methoxy groups -OCH3 is 1. The highest BCUT2D eigenvalue weighted by Gasteiger charge is 2.21. The van der Waals surface area contributed by atoms with E-state index in [4.69, 9.17) is 4.74 Å². The molecule has 0 saturated carbocycles. The molecule has 7 nitrogen and oxygen atoms in total. The number of ether oxygens (including phenoxy) is 1. The number of hydrogen-bond donors (Lipinski definition) is 2. The third kappa shape index (κ3) is 4.42. The van der Waals surface area contributed by atoms with Crippen LogP contribution in [0.2, 0.25) is 0 Å². The molecule has 2 rings (SSSR count). The van der Waals surface area contributed by atoms with E-state index in [9.17, 15) is 0 Å². The molecule has 0 aliphatic carbocycles. The summed E-state index contributed by atoms with van der Waals surface area (Å²) in [7, 11) is 3.51. The zero-order valence-corrected chi connectivity index (χ0v) is 13.4. The van der Waals surface area contributed by atoms with Crippen LogP contribution in [-0.4, -0.2) is 54.3 Å². The fourth-order valence-corrected chi connectivity index (χ4v) is 2.47. The van der Waals surface area contributed by atoms with Gasteiger partial charge in [0.2, 0.25) is 17.8 Å². The molecule has 0 aromatic carbocycles. The molecule has 1 aliphatic heterocycles. The average Bonchev–Trinajstić information content (AvgIpc) is 2.47. The summed E-state index contributed by atoms with van der Waals surface area (Å²) in [5.41, 5.74) is -0.236. The zero-order chi connectivity index (χ0) is 15.3. The van der Waals surface area contributed by atoms with Crippen molar-refractivity contribution in [2.24, 2.45) is 0 Å². The highest BCUT2D eigenvalue weighted by atomic mass is 16.5. The Bertz CT molecular complexity index is 459. The predicted octanol–water partition coefficient (Wildman–Crippen LogP) is 1.74. The van der Waals surface area contributed by atoms with E-state index in [1.807, 2.05) is 7.05 Å². The summed E-state index contributed by atoms with van der Waals surface area (Å²) in [5.74, 6) is 1.91. The van der Waals surface area contributed by atoms with Gasteiger partial charge in [-0.05, 0) is 33.1 Å². The lowest BCUT2D eigenvalue weighted by molar-refractivity contribution is 0.158. The summed E-state index contributed by atoms with van der Waals surface area (Å²) in [6.07, 6.45) is 3.67. The Morgan fingerprint density at radius 2 is 1.76 bits per heavy atom. The first-order valence-electron chi connectivity index (χ1n) is 7.50. The van der Waals surface area contributed by atoms with Gasteiger partial charge in [0.1, 0.15) is 0 Å². The third-order valence-electron chi connectivity index (χ3n) is 3.44. The van der Waals surface area contributed by atoms with E-state index in [0.717, 1.165) is 19.0 Å². The van der Waals surface area contributed by atoms with E-state index in [0.29, 0.717) is 18.5 Å². The third-order valence-corrected chi connectivity index (χ3v) is 3.44. The molecule has 1 aromatic rings. The van der Waals surface area contributed by atoms with Crippen LogP contribution in [0.3, 0.4) is 0 Å². The van der Waals surface area contributed by atoms with E-state index < -0.39 is 0 Å². The molecule has 7 heteroatoms. The van der Waals surface area contributed by atoms with Crippen LogP contribution in [-0.2, 0) is 4.74 Å². The van der Waals surface area contributed by atoms with Crippen molar-refractivity contribution in [3.05, 3.63) is 0 Å². The van der Waals surface area contributed by atoms with E-state index in [-0.39, 0.29) is 5.54 Å². The van der Waals surface area contributed by atoms with E-state index in [1.165, 1.54) is 19.3 Å². The summed E-state index contributed by atoms with van der Waals surface area (Å²) in [4.78, 5) is 15.7. The quantitative estimate of drug-likeness (QED) is 0.827. The highest BCUT2D eigenvalue weighted by molar-refractivity contribution is 5.44. The standard InChI is InChI=1S/C14H26N6O/c1-14(2,10-21-4)19-12-16-11(15-3)17-13(18-12)20-8-6-5-7-9-20/h5-10H2,1-4H3,(H2,15,16,17,18,19). The van der Waals surface area contributed by atoms with E-state index in [2.05, 4.69) is 44.3 Å². The van der Waals surface area contributed by atoms with Crippen LogP contribution in [0.15, 0.2) is 0 Å². The maximum atomic E-state index is 5.22. The summed E-state index contributed by atoms with van der Waals surface area (Å²) in [6.45, 7) is 6.70. The van der Waals surface area contributed by atoms with Crippen LogP contribution >= 0.6 is 0 Å². The predicted molar refractivity (Wildman–Crippen MR) is 85.0 cm³/mol. The van der Waals surface area contributed by atoms with Crippen molar-refractivity contribution in [2.75, 3.05) is 49.4 Å². The van der Waals surface area contributed by atoms with Gasteiger partial charge in [-0.15, -0.1) is 0 Å². The van der Waals surface area contributed by atoms with Crippen LogP contribution in [0.25, 0.3) is 0 Å². The SMILES string of the molecule is CNc1nc(NC(C)(C)COC)nc(N2CCCCC2)n1. The van der Waals surface area contributed by atoms with Gasteiger partial charge in [0.05, 0.1) is 12.1 Å². The van der Waals surface area contributed by atoms with E-state index >= 15 is 0 Å². The van der Waals surface area contributed by atoms with Crippen molar-refractivity contribution in [1.29, 1.82) is 0 Å². The molecule has 0 amide bonds. The van der Waals surface area contributed by atoms with Crippen molar-refractivity contribution >= 4 is 17.8 Å². The van der Waals surface area contributed by atoms with Gasteiger partial charge in [0.25, 0.3) is 0 Å². The molecule has 21 heavy (non-hydrogen) atoms. The average molecular weight is 294 g/mol. The summed E-state index contributed by atoms with van der Waals surface area (Å²) in [6, 6.07) is 0. The number of nitrogens with one attached hydrogen (secondary N) is 2. The lowest BCUT2D eigenvalue weighted by atomic mass is 10.1. The topological polar surface area (TPSA) is 75.2 Å². The van der Waals surface area contributed by atoms with Gasteiger partial charge in [0, 0.05) is 27.2 Å². The molecule has 0 radical (unpaired) electrons. The Kier molecular flexibility index (Phi) is 5.17. The number of anilines is 3. The largest absolute Gasteiger partial charge is 0.382 e. The van der Waals surface area contributed by atoms with Gasteiger partial charge >= 0.3 is 0 Å². The summed E-state index contributed by atoms with van der Waals surface area (Å²) in [5, 5.41) is 6.32. The first-order valence-corrected chi connectivity index (χ1v) is 7.50. The molecular formula is C14H26N6O. The molecule has 2 N–H and O–H groups in total. The van der Waals surface area contributed by atoms with Crippen LogP contribution in [0.5, 0.6) is 0 Å². The first-order chi connectivity index (χ1) is 10.0. The summed E-state index contributed by atoms with van der Waals surface area (Å²) >= 11 is 0. The summed E-state index contributed by atoms with van der Waals surface area (Å²) < 4.78 is 5.22.